The fourth-order valence-corrected chi connectivity index (χ4v) is 2.83. The van der Waals surface area contributed by atoms with Crippen molar-refractivity contribution in [3.63, 3.8) is 0 Å². The normalized spacial score (nSPS) is 12.8. The molecule has 0 aliphatic rings. The number of hydrogen-bond donors (Lipinski definition) is 1. The van der Waals surface area contributed by atoms with Gasteiger partial charge >= 0.3 is 0 Å². The number of halogens is 1. The summed E-state index contributed by atoms with van der Waals surface area (Å²) >= 11 is 3.36. The van der Waals surface area contributed by atoms with Gasteiger partial charge in [0.15, 0.2) is 0 Å². The van der Waals surface area contributed by atoms with Crippen LogP contribution in [0, 0.1) is 6.92 Å². The van der Waals surface area contributed by atoms with Crippen molar-refractivity contribution < 1.29 is 5.11 Å². The Labute approximate surface area is 134 Å². The molecule has 2 rings (SSSR count). The highest BCUT2D eigenvalue weighted by molar-refractivity contribution is 9.10. The van der Waals surface area contributed by atoms with Gasteiger partial charge in [0.05, 0.1) is 10.2 Å². The summed E-state index contributed by atoms with van der Waals surface area (Å²) in [5, 5.41) is 10.1. The maximum absolute atomic E-state index is 10.1. The van der Waals surface area contributed by atoms with E-state index < -0.39 is 0 Å². The van der Waals surface area contributed by atoms with Gasteiger partial charge in [-0.3, -0.25) is 4.99 Å². The van der Waals surface area contributed by atoms with E-state index >= 15 is 0 Å². The van der Waals surface area contributed by atoms with E-state index in [-0.39, 0.29) is 5.75 Å². The van der Waals surface area contributed by atoms with E-state index in [1.54, 1.807) is 6.21 Å². The number of phenols is 1. The second-order valence-corrected chi connectivity index (χ2v) is 6.17. The van der Waals surface area contributed by atoms with E-state index in [0.29, 0.717) is 10.4 Å². The number of nitrogens with zero attached hydrogens (tertiary/aromatic N) is 1. The molecule has 0 aromatic heterocycles. The molecule has 0 amide bonds. The summed E-state index contributed by atoms with van der Waals surface area (Å²) in [6, 6.07) is 12.0. The molecule has 110 valence electrons. The third-order valence-corrected chi connectivity index (χ3v) is 4.26. The first kappa shape index (κ1) is 15.8. The molecule has 0 saturated heterocycles. The number of aliphatic imine (C=N–C) groups is 1. The molecule has 0 aliphatic carbocycles. The SMILES string of the molecule is CC[C@@H](C)c1ccccc1N=Cc1cc(C)cc(Br)c1O. The highest BCUT2D eigenvalue weighted by Crippen LogP contribution is 2.31. The van der Waals surface area contributed by atoms with E-state index in [1.807, 2.05) is 37.3 Å². The minimum atomic E-state index is 0.227. The molecular weight excluding hydrogens is 326 g/mol. The molecule has 0 spiro atoms. The summed E-state index contributed by atoms with van der Waals surface area (Å²) < 4.78 is 0.694. The van der Waals surface area contributed by atoms with Gasteiger partial charge in [0.25, 0.3) is 0 Å². The Hall–Kier alpha value is -1.61. The van der Waals surface area contributed by atoms with Crippen LogP contribution in [-0.2, 0) is 0 Å². The van der Waals surface area contributed by atoms with Crippen molar-refractivity contribution >= 4 is 27.8 Å². The molecule has 2 nitrogen and oxygen atoms in total. The molecule has 2 aromatic rings. The second kappa shape index (κ2) is 6.90. The van der Waals surface area contributed by atoms with Crippen molar-refractivity contribution in [1.29, 1.82) is 0 Å². The standard InChI is InChI=1S/C18H20BrNO/c1-4-13(3)15-7-5-6-8-17(15)20-11-14-9-12(2)10-16(19)18(14)21/h5-11,13,21H,4H2,1-3H3/t13-/m1/s1. The summed E-state index contributed by atoms with van der Waals surface area (Å²) in [6.45, 7) is 6.37. The van der Waals surface area contributed by atoms with Gasteiger partial charge < -0.3 is 5.11 Å². The first-order valence-corrected chi connectivity index (χ1v) is 7.94. The third-order valence-electron chi connectivity index (χ3n) is 3.66. The van der Waals surface area contributed by atoms with Gasteiger partial charge in [0, 0.05) is 11.8 Å². The van der Waals surface area contributed by atoms with Crippen LogP contribution in [0.15, 0.2) is 45.9 Å². The lowest BCUT2D eigenvalue weighted by molar-refractivity contribution is 0.471. The van der Waals surface area contributed by atoms with Crippen LogP contribution in [0.1, 0.15) is 42.9 Å². The van der Waals surface area contributed by atoms with Crippen molar-refractivity contribution in [2.24, 2.45) is 4.99 Å². The molecule has 1 atom stereocenters. The lowest BCUT2D eigenvalue weighted by atomic mass is 9.97. The molecule has 0 radical (unpaired) electrons. The fourth-order valence-electron chi connectivity index (χ4n) is 2.24. The van der Waals surface area contributed by atoms with E-state index in [4.69, 9.17) is 0 Å². The zero-order chi connectivity index (χ0) is 15.4. The van der Waals surface area contributed by atoms with Crippen molar-refractivity contribution in [1.82, 2.24) is 0 Å². The van der Waals surface area contributed by atoms with Crippen LogP contribution in [0.2, 0.25) is 0 Å². The quantitative estimate of drug-likeness (QED) is 0.705. The number of benzene rings is 2. The molecule has 0 bridgehead atoms. The third kappa shape index (κ3) is 3.73. The number of hydrogen-bond acceptors (Lipinski definition) is 2. The van der Waals surface area contributed by atoms with Gasteiger partial charge in [-0.15, -0.1) is 0 Å². The molecule has 0 aliphatic heterocycles. The highest BCUT2D eigenvalue weighted by atomic mass is 79.9. The average molecular weight is 346 g/mol. The number of rotatable bonds is 4. The number of aryl methyl sites for hydroxylation is 1. The largest absolute Gasteiger partial charge is 0.506 e. The average Bonchev–Trinajstić information content (AvgIpc) is 2.49. The Balaban J connectivity index is 2.39. The molecule has 2 aromatic carbocycles. The van der Waals surface area contributed by atoms with E-state index in [2.05, 4.69) is 40.8 Å². The molecule has 0 heterocycles. The lowest BCUT2D eigenvalue weighted by Crippen LogP contribution is -1.92. The van der Waals surface area contributed by atoms with Gasteiger partial charge in [-0.05, 0) is 64.5 Å². The van der Waals surface area contributed by atoms with Crippen LogP contribution in [-0.4, -0.2) is 11.3 Å². The number of aromatic hydroxyl groups is 1. The smallest absolute Gasteiger partial charge is 0.138 e. The van der Waals surface area contributed by atoms with Crippen molar-refractivity contribution in [3.8, 4) is 5.75 Å². The molecule has 1 N–H and O–H groups in total. The summed E-state index contributed by atoms with van der Waals surface area (Å²) in [5.74, 6) is 0.696. The highest BCUT2D eigenvalue weighted by Gasteiger charge is 2.08. The Kier molecular flexibility index (Phi) is 5.18. The van der Waals surface area contributed by atoms with Crippen molar-refractivity contribution in [2.75, 3.05) is 0 Å². The Morgan fingerprint density at radius 1 is 1.29 bits per heavy atom. The first-order chi connectivity index (χ1) is 10.0. The monoisotopic (exact) mass is 345 g/mol. The Morgan fingerprint density at radius 3 is 2.71 bits per heavy atom. The predicted molar refractivity (Wildman–Crippen MR) is 92.9 cm³/mol. The predicted octanol–water partition coefficient (Wildman–Crippen LogP) is 5.73. The molecular formula is C18H20BrNO. The Bertz CT molecular complexity index is 664. The fraction of sp³-hybridized carbons (Fsp3) is 0.278. The maximum atomic E-state index is 10.1. The lowest BCUT2D eigenvalue weighted by Gasteiger charge is -2.11. The van der Waals surface area contributed by atoms with Gasteiger partial charge in [0.2, 0.25) is 0 Å². The molecule has 0 saturated carbocycles. The van der Waals surface area contributed by atoms with E-state index in [1.165, 1.54) is 5.56 Å². The maximum Gasteiger partial charge on any atom is 0.138 e. The molecule has 0 unspecified atom stereocenters. The number of phenolic OH excluding ortho intramolecular Hbond substituents is 1. The summed E-state index contributed by atoms with van der Waals surface area (Å²) in [4.78, 5) is 4.58. The van der Waals surface area contributed by atoms with Gasteiger partial charge in [-0.25, -0.2) is 0 Å². The molecule has 0 fully saturated rings. The summed E-state index contributed by atoms with van der Waals surface area (Å²) in [7, 11) is 0. The van der Waals surface area contributed by atoms with Crippen LogP contribution in [0.5, 0.6) is 5.75 Å². The van der Waals surface area contributed by atoms with Crippen LogP contribution in [0.25, 0.3) is 0 Å². The number of para-hydroxylation sites is 1. The minimum absolute atomic E-state index is 0.227. The Morgan fingerprint density at radius 2 is 2.00 bits per heavy atom. The van der Waals surface area contributed by atoms with Crippen LogP contribution in [0.3, 0.4) is 0 Å². The van der Waals surface area contributed by atoms with Crippen LogP contribution >= 0.6 is 15.9 Å². The van der Waals surface area contributed by atoms with Crippen molar-refractivity contribution in [3.05, 3.63) is 57.6 Å². The van der Waals surface area contributed by atoms with E-state index in [0.717, 1.165) is 23.2 Å². The van der Waals surface area contributed by atoms with Gasteiger partial charge in [-0.1, -0.05) is 32.0 Å². The van der Waals surface area contributed by atoms with Crippen molar-refractivity contribution in [2.45, 2.75) is 33.1 Å². The first-order valence-electron chi connectivity index (χ1n) is 7.15. The van der Waals surface area contributed by atoms with Crippen LogP contribution in [0.4, 0.5) is 5.69 Å². The van der Waals surface area contributed by atoms with Gasteiger partial charge in [0.1, 0.15) is 5.75 Å². The molecule has 21 heavy (non-hydrogen) atoms. The van der Waals surface area contributed by atoms with Gasteiger partial charge in [-0.2, -0.15) is 0 Å². The summed E-state index contributed by atoms with van der Waals surface area (Å²) in [5.41, 5.74) is 4.00. The zero-order valence-electron chi connectivity index (χ0n) is 12.6. The topological polar surface area (TPSA) is 32.6 Å². The van der Waals surface area contributed by atoms with Crippen LogP contribution < -0.4 is 0 Å². The summed E-state index contributed by atoms with van der Waals surface area (Å²) in [6.07, 6.45) is 2.81. The minimum Gasteiger partial charge on any atom is -0.506 e. The second-order valence-electron chi connectivity index (χ2n) is 5.31. The van der Waals surface area contributed by atoms with E-state index in [9.17, 15) is 5.11 Å². The zero-order valence-corrected chi connectivity index (χ0v) is 14.2. The molecule has 3 heteroatoms.